The summed E-state index contributed by atoms with van der Waals surface area (Å²) < 4.78 is 10.4. The van der Waals surface area contributed by atoms with Crippen LogP contribution in [0.25, 0.3) is 0 Å². The zero-order valence-electron chi connectivity index (χ0n) is 6.50. The van der Waals surface area contributed by atoms with E-state index in [0.717, 1.165) is 5.56 Å². The van der Waals surface area contributed by atoms with E-state index in [1.54, 1.807) is 6.07 Å². The third-order valence-corrected chi connectivity index (χ3v) is 2.26. The van der Waals surface area contributed by atoms with Crippen molar-refractivity contribution in [2.75, 3.05) is 0 Å². The van der Waals surface area contributed by atoms with Gasteiger partial charge in [-0.2, -0.15) is 0 Å². The van der Waals surface area contributed by atoms with Gasteiger partial charge in [0, 0.05) is 5.56 Å². The predicted octanol–water partition coefficient (Wildman–Crippen LogP) is 1.30. The third kappa shape index (κ3) is 1.75. The van der Waals surface area contributed by atoms with Crippen LogP contribution in [-0.2, 0) is 11.3 Å². The Morgan fingerprint density at radius 2 is 2.25 bits per heavy atom. The Balaban J connectivity index is 3.41. The van der Waals surface area contributed by atoms with E-state index >= 15 is 0 Å². The van der Waals surface area contributed by atoms with Crippen LogP contribution < -0.4 is 5.73 Å². The molecule has 0 saturated heterocycles. The quantitative estimate of drug-likeness (QED) is 0.696. The maximum atomic E-state index is 10.4. The van der Waals surface area contributed by atoms with Crippen LogP contribution in [0.1, 0.15) is 11.1 Å². The minimum atomic E-state index is 0.220. The smallest absolute Gasteiger partial charge is 0.116 e. The minimum absolute atomic E-state index is 0.220. The van der Waals surface area contributed by atoms with Crippen molar-refractivity contribution in [2.24, 2.45) is 5.73 Å². The summed E-state index contributed by atoms with van der Waals surface area (Å²) >= 11 is 6.12. The van der Waals surface area contributed by atoms with E-state index in [0.29, 0.717) is 10.6 Å². The molecule has 0 atom stereocenters. The highest BCUT2D eigenvalue weighted by Gasteiger charge is 2.05. The Morgan fingerprint density at radius 3 is 2.75 bits per heavy atom. The molecule has 12 heavy (non-hydrogen) atoms. The lowest BCUT2D eigenvalue weighted by atomic mass is 10.1. The molecule has 1 aromatic rings. The van der Waals surface area contributed by atoms with E-state index in [4.69, 9.17) is 17.3 Å². The molecule has 4 heteroatoms. The molecule has 0 aromatic heterocycles. The summed E-state index contributed by atoms with van der Waals surface area (Å²) in [6.45, 7) is 1.87. The number of hydrogen-bond donors (Lipinski definition) is 1. The van der Waals surface area contributed by atoms with Gasteiger partial charge in [0.05, 0.1) is 5.02 Å². The first-order chi connectivity index (χ1) is 5.66. The normalized spacial score (nSPS) is 9.58. The van der Waals surface area contributed by atoms with E-state index in [2.05, 4.69) is 0 Å². The van der Waals surface area contributed by atoms with E-state index in [9.17, 15) is 4.21 Å². The molecule has 2 nitrogen and oxygen atoms in total. The predicted molar refractivity (Wildman–Crippen MR) is 52.6 cm³/mol. The van der Waals surface area contributed by atoms with Crippen molar-refractivity contribution in [2.45, 2.75) is 6.92 Å². The standard InChI is InChI=1S/C8H8ClNOS/c1-5-3-2-4-6(9)7(5)8(10)12-11/h2-4H,10H2,1H3. The molecule has 0 aliphatic heterocycles. The highest BCUT2D eigenvalue weighted by molar-refractivity contribution is 7.66. The Labute approximate surface area is 79.4 Å². The number of nitrogens with two attached hydrogens (primary N) is 1. The summed E-state index contributed by atoms with van der Waals surface area (Å²) in [4.78, 5) is 0.220. The molecule has 0 fully saturated rings. The van der Waals surface area contributed by atoms with Gasteiger partial charge < -0.3 is 0 Å². The number of rotatable bonds is 1. The van der Waals surface area contributed by atoms with E-state index in [1.165, 1.54) is 0 Å². The van der Waals surface area contributed by atoms with Gasteiger partial charge in [0.2, 0.25) is 0 Å². The molecule has 1 aromatic carbocycles. The maximum Gasteiger partial charge on any atom is 0.116 e. The molecule has 0 aliphatic carbocycles. The van der Waals surface area contributed by atoms with Gasteiger partial charge in [0.25, 0.3) is 0 Å². The van der Waals surface area contributed by atoms with Crippen LogP contribution in [0.4, 0.5) is 0 Å². The lowest BCUT2D eigenvalue weighted by Gasteiger charge is -2.03. The first kappa shape index (κ1) is 9.45. The van der Waals surface area contributed by atoms with Crippen molar-refractivity contribution in [1.82, 2.24) is 0 Å². The first-order valence-electron chi connectivity index (χ1n) is 3.34. The van der Waals surface area contributed by atoms with Gasteiger partial charge in [-0.1, -0.05) is 23.7 Å². The Morgan fingerprint density at radius 1 is 1.58 bits per heavy atom. The van der Waals surface area contributed by atoms with E-state index < -0.39 is 0 Å². The summed E-state index contributed by atoms with van der Waals surface area (Å²) in [6.07, 6.45) is 0. The molecule has 0 aliphatic rings. The fraction of sp³-hybridized carbons (Fsp3) is 0.125. The van der Waals surface area contributed by atoms with Crippen LogP contribution in [0, 0.1) is 6.92 Å². The van der Waals surface area contributed by atoms with Crippen molar-refractivity contribution < 1.29 is 4.21 Å². The summed E-state index contributed by atoms with van der Waals surface area (Å²) in [7, 11) is 0. The van der Waals surface area contributed by atoms with Crippen LogP contribution in [0.15, 0.2) is 18.2 Å². The van der Waals surface area contributed by atoms with Gasteiger partial charge in [-0.25, -0.2) is 4.21 Å². The average Bonchev–Trinajstić information content (AvgIpc) is 2.03. The van der Waals surface area contributed by atoms with Crippen molar-refractivity contribution in [3.8, 4) is 0 Å². The molecule has 0 saturated carbocycles. The summed E-state index contributed by atoms with van der Waals surface area (Å²) in [5.41, 5.74) is 7.05. The molecule has 0 radical (unpaired) electrons. The second kappa shape index (κ2) is 3.85. The summed E-state index contributed by atoms with van der Waals surface area (Å²) in [5.74, 6) is 0. The lowest BCUT2D eigenvalue weighted by Crippen LogP contribution is -2.14. The lowest BCUT2D eigenvalue weighted by molar-refractivity contribution is 0.701. The van der Waals surface area contributed by atoms with Gasteiger partial charge in [-0.15, -0.1) is 0 Å². The van der Waals surface area contributed by atoms with Crippen molar-refractivity contribution in [3.63, 3.8) is 0 Å². The first-order valence-corrected chi connectivity index (χ1v) is 4.46. The summed E-state index contributed by atoms with van der Waals surface area (Å²) in [6, 6.07) is 5.40. The molecule has 0 unspecified atom stereocenters. The third-order valence-electron chi connectivity index (χ3n) is 1.56. The minimum Gasteiger partial charge on any atom is -0.291 e. The highest BCUT2D eigenvalue weighted by atomic mass is 35.5. The van der Waals surface area contributed by atoms with Gasteiger partial charge in [0.15, 0.2) is 0 Å². The second-order valence-electron chi connectivity index (χ2n) is 2.38. The monoisotopic (exact) mass is 201 g/mol. The zero-order valence-corrected chi connectivity index (χ0v) is 8.08. The second-order valence-corrected chi connectivity index (χ2v) is 3.39. The van der Waals surface area contributed by atoms with Crippen LogP contribution >= 0.6 is 11.6 Å². The molecule has 0 heterocycles. The SMILES string of the molecule is Cc1cccc(Cl)c1C(N)=S=O. The number of halogens is 1. The molecule has 64 valence electrons. The van der Waals surface area contributed by atoms with Crippen LogP contribution in [0.2, 0.25) is 5.02 Å². The maximum absolute atomic E-state index is 10.4. The van der Waals surface area contributed by atoms with Gasteiger partial charge in [0.1, 0.15) is 16.2 Å². The number of benzene rings is 1. The molecular formula is C8H8ClNOS. The fourth-order valence-electron chi connectivity index (χ4n) is 0.986. The number of aryl methyl sites for hydroxylation is 1. The van der Waals surface area contributed by atoms with Crippen molar-refractivity contribution >= 4 is 27.8 Å². The molecule has 0 spiro atoms. The van der Waals surface area contributed by atoms with Crippen LogP contribution in [-0.4, -0.2) is 9.20 Å². The van der Waals surface area contributed by atoms with Crippen molar-refractivity contribution in [3.05, 3.63) is 34.3 Å². The van der Waals surface area contributed by atoms with Crippen molar-refractivity contribution in [1.29, 1.82) is 0 Å². The average molecular weight is 202 g/mol. The Kier molecular flexibility index (Phi) is 3.03. The fourth-order valence-corrected chi connectivity index (χ4v) is 1.72. The summed E-state index contributed by atoms with van der Waals surface area (Å²) in [5, 5.41) is 0.524. The van der Waals surface area contributed by atoms with Gasteiger partial charge in [-0.05, 0) is 18.6 Å². The van der Waals surface area contributed by atoms with Crippen LogP contribution in [0.3, 0.4) is 0 Å². The zero-order chi connectivity index (χ0) is 9.14. The Bertz CT molecular complexity index is 338. The molecule has 0 bridgehead atoms. The number of hydrogen-bond acceptors (Lipinski definition) is 1. The highest BCUT2D eigenvalue weighted by Crippen LogP contribution is 2.18. The van der Waals surface area contributed by atoms with Gasteiger partial charge in [-0.3, -0.25) is 5.73 Å². The molecule has 2 N–H and O–H groups in total. The molecule has 1 rings (SSSR count). The van der Waals surface area contributed by atoms with E-state index in [-0.39, 0.29) is 16.2 Å². The van der Waals surface area contributed by atoms with E-state index in [1.807, 2.05) is 19.1 Å². The largest absolute Gasteiger partial charge is 0.291 e. The Hall–Kier alpha value is -0.640. The van der Waals surface area contributed by atoms with Crippen LogP contribution in [0.5, 0.6) is 0 Å². The topological polar surface area (TPSA) is 43.1 Å². The molecular weight excluding hydrogens is 194 g/mol. The molecule has 0 amide bonds. The van der Waals surface area contributed by atoms with Gasteiger partial charge >= 0.3 is 0 Å².